The average Bonchev–Trinajstić information content (AvgIpc) is 2.68. The lowest BCUT2D eigenvalue weighted by Gasteiger charge is -2.31. The normalized spacial score (nSPS) is 15.0. The maximum Gasteiger partial charge on any atom is 0.256 e. The molecule has 0 atom stereocenters. The quantitative estimate of drug-likeness (QED) is 0.916. The first kappa shape index (κ1) is 17.5. The zero-order chi connectivity index (χ0) is 17.6. The maximum atomic E-state index is 12.9. The second kappa shape index (κ2) is 8.16. The topological polar surface area (TPSA) is 62.3 Å². The summed E-state index contributed by atoms with van der Waals surface area (Å²) in [6.45, 7) is 1.20. The third-order valence-electron chi connectivity index (χ3n) is 4.36. The van der Waals surface area contributed by atoms with Crippen molar-refractivity contribution in [2.45, 2.75) is 22.8 Å². The molecule has 1 fully saturated rings. The Morgan fingerprint density at radius 1 is 1.12 bits per heavy atom. The lowest BCUT2D eigenvalue weighted by molar-refractivity contribution is -0.125. The summed E-state index contributed by atoms with van der Waals surface area (Å²) in [5.74, 6) is 0.0526. The molecule has 0 spiro atoms. The van der Waals surface area contributed by atoms with Gasteiger partial charge in [-0.25, -0.2) is 4.98 Å². The molecule has 0 radical (unpaired) electrons. The zero-order valence-corrected chi connectivity index (χ0v) is 15.0. The third-order valence-corrected chi connectivity index (χ3v) is 5.39. The molecule has 25 heavy (non-hydrogen) atoms. The largest absolute Gasteiger partial charge is 0.359 e. The molecule has 6 heteroatoms. The molecular formula is C19H21N3O2S. The molecule has 0 aliphatic carbocycles. The van der Waals surface area contributed by atoms with Gasteiger partial charge in [0.15, 0.2) is 0 Å². The minimum absolute atomic E-state index is 0.00103. The molecule has 1 aromatic heterocycles. The van der Waals surface area contributed by atoms with E-state index in [1.165, 1.54) is 11.8 Å². The van der Waals surface area contributed by atoms with E-state index < -0.39 is 0 Å². The van der Waals surface area contributed by atoms with Crippen LogP contribution in [0.2, 0.25) is 0 Å². The molecule has 1 N–H and O–H groups in total. The van der Waals surface area contributed by atoms with Crippen molar-refractivity contribution >= 4 is 23.6 Å². The van der Waals surface area contributed by atoms with Crippen LogP contribution in [-0.4, -0.2) is 41.8 Å². The summed E-state index contributed by atoms with van der Waals surface area (Å²) in [6, 6.07) is 13.5. The molecule has 0 saturated carbocycles. The number of carbonyl (C=O) groups excluding carboxylic acids is 2. The van der Waals surface area contributed by atoms with E-state index in [1.807, 2.05) is 41.3 Å². The molecular weight excluding hydrogens is 334 g/mol. The Morgan fingerprint density at radius 3 is 2.52 bits per heavy atom. The number of nitrogens with one attached hydrogen (secondary N) is 1. The molecule has 3 rings (SSSR count). The van der Waals surface area contributed by atoms with Crippen LogP contribution in [0.4, 0.5) is 0 Å². The first-order valence-corrected chi connectivity index (χ1v) is 9.19. The number of aromatic nitrogens is 1. The number of nitrogens with zero attached hydrogens (tertiary/aromatic N) is 2. The second-order valence-corrected chi connectivity index (χ2v) is 7.01. The average molecular weight is 355 g/mol. The Bertz CT molecular complexity index is 743. The van der Waals surface area contributed by atoms with Crippen LogP contribution in [0.15, 0.2) is 58.6 Å². The first-order chi connectivity index (χ1) is 12.2. The Labute approximate surface area is 151 Å². The predicted octanol–water partition coefficient (Wildman–Crippen LogP) is 2.83. The molecule has 1 aliphatic heterocycles. The fourth-order valence-corrected chi connectivity index (χ4v) is 3.85. The molecule has 5 nitrogen and oxygen atoms in total. The summed E-state index contributed by atoms with van der Waals surface area (Å²) in [5.41, 5.74) is 0.620. The van der Waals surface area contributed by atoms with Crippen molar-refractivity contribution in [2.75, 3.05) is 20.1 Å². The molecule has 1 saturated heterocycles. The SMILES string of the molecule is CNC(=O)C1CCN(C(=O)c2cccnc2Sc2ccccc2)CC1. The summed E-state index contributed by atoms with van der Waals surface area (Å²) in [6.07, 6.45) is 3.11. The number of piperidine rings is 1. The molecule has 0 unspecified atom stereocenters. The smallest absolute Gasteiger partial charge is 0.256 e. The molecule has 0 bridgehead atoms. The number of hydrogen-bond donors (Lipinski definition) is 1. The van der Waals surface area contributed by atoms with Gasteiger partial charge in [-0.3, -0.25) is 9.59 Å². The Kier molecular flexibility index (Phi) is 5.71. The van der Waals surface area contributed by atoms with Crippen molar-refractivity contribution in [3.8, 4) is 0 Å². The Morgan fingerprint density at radius 2 is 1.84 bits per heavy atom. The number of amides is 2. The van der Waals surface area contributed by atoms with Gasteiger partial charge in [-0.15, -0.1) is 0 Å². The number of benzene rings is 1. The lowest BCUT2D eigenvalue weighted by atomic mass is 9.95. The van der Waals surface area contributed by atoms with Gasteiger partial charge in [0.25, 0.3) is 5.91 Å². The molecule has 2 heterocycles. The minimum Gasteiger partial charge on any atom is -0.359 e. The highest BCUT2D eigenvalue weighted by atomic mass is 32.2. The molecule has 1 aromatic carbocycles. The number of carbonyl (C=O) groups is 2. The molecule has 2 amide bonds. The Hall–Kier alpha value is -2.34. The van der Waals surface area contributed by atoms with Crippen molar-refractivity contribution in [3.63, 3.8) is 0 Å². The summed E-state index contributed by atoms with van der Waals surface area (Å²) < 4.78 is 0. The standard InChI is InChI=1S/C19H21N3O2S/c1-20-17(23)14-9-12-22(13-10-14)19(24)16-8-5-11-21-18(16)25-15-6-3-2-4-7-15/h2-8,11,14H,9-10,12-13H2,1H3,(H,20,23). The van der Waals surface area contributed by atoms with Gasteiger partial charge < -0.3 is 10.2 Å². The van der Waals surface area contributed by atoms with E-state index in [0.717, 1.165) is 4.90 Å². The monoisotopic (exact) mass is 355 g/mol. The molecule has 130 valence electrons. The van der Waals surface area contributed by atoms with Crippen LogP contribution in [0.1, 0.15) is 23.2 Å². The minimum atomic E-state index is -0.0121. The van der Waals surface area contributed by atoms with E-state index in [2.05, 4.69) is 10.3 Å². The van der Waals surface area contributed by atoms with Crippen molar-refractivity contribution in [1.82, 2.24) is 15.2 Å². The Balaban J connectivity index is 1.72. The van der Waals surface area contributed by atoms with Crippen molar-refractivity contribution < 1.29 is 9.59 Å². The van der Waals surface area contributed by atoms with Crippen LogP contribution < -0.4 is 5.32 Å². The van der Waals surface area contributed by atoms with Gasteiger partial charge in [0, 0.05) is 37.1 Å². The van der Waals surface area contributed by atoms with Crippen molar-refractivity contribution in [1.29, 1.82) is 0 Å². The van der Waals surface area contributed by atoms with E-state index in [9.17, 15) is 9.59 Å². The van der Waals surface area contributed by atoms with Crippen molar-refractivity contribution in [3.05, 3.63) is 54.2 Å². The highest BCUT2D eigenvalue weighted by molar-refractivity contribution is 7.99. The number of rotatable bonds is 4. The number of likely N-dealkylation sites (tertiary alicyclic amines) is 1. The fraction of sp³-hybridized carbons (Fsp3) is 0.316. The van der Waals surface area contributed by atoms with Gasteiger partial charge in [0.2, 0.25) is 5.91 Å². The van der Waals surface area contributed by atoms with Gasteiger partial charge in [-0.05, 0) is 37.1 Å². The molecule has 1 aliphatic rings. The van der Waals surface area contributed by atoms with Crippen molar-refractivity contribution in [2.24, 2.45) is 5.92 Å². The van der Waals surface area contributed by atoms with E-state index >= 15 is 0 Å². The summed E-state index contributed by atoms with van der Waals surface area (Å²) >= 11 is 1.49. The second-order valence-electron chi connectivity index (χ2n) is 5.95. The highest BCUT2D eigenvalue weighted by Crippen LogP contribution is 2.29. The van der Waals surface area contributed by atoms with E-state index in [4.69, 9.17) is 0 Å². The van der Waals surface area contributed by atoms with Gasteiger partial charge in [-0.2, -0.15) is 0 Å². The van der Waals surface area contributed by atoms with Gasteiger partial charge in [0.05, 0.1) is 5.56 Å². The van der Waals surface area contributed by atoms with Crippen LogP contribution in [0.3, 0.4) is 0 Å². The van der Waals surface area contributed by atoms with Crippen LogP contribution in [-0.2, 0) is 4.79 Å². The van der Waals surface area contributed by atoms with Crippen LogP contribution in [0, 0.1) is 5.92 Å². The van der Waals surface area contributed by atoms with E-state index in [0.29, 0.717) is 36.5 Å². The number of pyridine rings is 1. The van der Waals surface area contributed by atoms with Gasteiger partial charge >= 0.3 is 0 Å². The molecule has 2 aromatic rings. The highest BCUT2D eigenvalue weighted by Gasteiger charge is 2.28. The summed E-state index contributed by atoms with van der Waals surface area (Å²) in [7, 11) is 1.66. The number of hydrogen-bond acceptors (Lipinski definition) is 4. The van der Waals surface area contributed by atoms with E-state index in [1.54, 1.807) is 19.3 Å². The third kappa shape index (κ3) is 4.20. The van der Waals surface area contributed by atoms with E-state index in [-0.39, 0.29) is 17.7 Å². The maximum absolute atomic E-state index is 12.9. The first-order valence-electron chi connectivity index (χ1n) is 8.38. The predicted molar refractivity (Wildman–Crippen MR) is 97.5 cm³/mol. The lowest BCUT2D eigenvalue weighted by Crippen LogP contribution is -2.42. The van der Waals surface area contributed by atoms with Gasteiger partial charge in [0.1, 0.15) is 5.03 Å². The van der Waals surface area contributed by atoms with Crippen LogP contribution in [0.25, 0.3) is 0 Å². The van der Waals surface area contributed by atoms with Crippen LogP contribution >= 0.6 is 11.8 Å². The summed E-state index contributed by atoms with van der Waals surface area (Å²) in [5, 5.41) is 3.41. The zero-order valence-electron chi connectivity index (χ0n) is 14.1. The van der Waals surface area contributed by atoms with Gasteiger partial charge in [-0.1, -0.05) is 30.0 Å². The fourth-order valence-electron chi connectivity index (χ4n) is 2.95. The summed E-state index contributed by atoms with van der Waals surface area (Å²) in [4.78, 5) is 31.9. The van der Waals surface area contributed by atoms with Crippen LogP contribution in [0.5, 0.6) is 0 Å².